The molecule has 0 unspecified atom stereocenters. The highest BCUT2D eigenvalue weighted by atomic mass is 16.6. The van der Waals surface area contributed by atoms with E-state index in [1.807, 2.05) is 6.92 Å². The highest BCUT2D eigenvalue weighted by Crippen LogP contribution is 2.42. The quantitative estimate of drug-likeness (QED) is 0.867. The van der Waals surface area contributed by atoms with Gasteiger partial charge >= 0.3 is 6.09 Å². The highest BCUT2D eigenvalue weighted by Gasteiger charge is 2.34. The topological polar surface area (TPSA) is 85.0 Å². The number of rotatable bonds is 2. The number of carbonyl (C=O) groups is 1. The normalized spacial score (nSPS) is 21.3. The molecule has 1 heterocycles. The molecule has 20 heavy (non-hydrogen) atoms. The third-order valence-electron chi connectivity index (χ3n) is 3.49. The van der Waals surface area contributed by atoms with Crippen molar-refractivity contribution in [3.05, 3.63) is 17.7 Å². The van der Waals surface area contributed by atoms with Gasteiger partial charge in [-0.1, -0.05) is 0 Å². The van der Waals surface area contributed by atoms with Crippen LogP contribution in [0.5, 0.6) is 11.5 Å². The summed E-state index contributed by atoms with van der Waals surface area (Å²) in [6.45, 7) is 3.98. The zero-order valence-corrected chi connectivity index (χ0v) is 11.9. The van der Waals surface area contributed by atoms with Crippen LogP contribution in [0, 0.1) is 0 Å². The van der Waals surface area contributed by atoms with Crippen molar-refractivity contribution in [3.8, 4) is 11.5 Å². The molecule has 1 aliphatic heterocycles. The van der Waals surface area contributed by atoms with Crippen molar-refractivity contribution in [1.29, 1.82) is 0 Å². The number of benzene rings is 1. The molecule has 110 valence electrons. The van der Waals surface area contributed by atoms with Gasteiger partial charge in [0.1, 0.15) is 0 Å². The Morgan fingerprint density at radius 2 is 2.25 bits per heavy atom. The lowest BCUT2D eigenvalue weighted by molar-refractivity contribution is 0.156. The van der Waals surface area contributed by atoms with Crippen LogP contribution >= 0.6 is 0 Å². The third kappa shape index (κ3) is 2.38. The van der Waals surface area contributed by atoms with Crippen LogP contribution in [0.3, 0.4) is 0 Å². The van der Waals surface area contributed by atoms with Crippen molar-refractivity contribution in [2.24, 2.45) is 5.73 Å². The summed E-state index contributed by atoms with van der Waals surface area (Å²) in [5, 5.41) is 9.86. The molecule has 3 N–H and O–H groups in total. The Bertz CT molecular complexity index is 518. The molecule has 1 aromatic rings. The Morgan fingerprint density at radius 3 is 2.85 bits per heavy atom. The van der Waals surface area contributed by atoms with Crippen LogP contribution in [0.2, 0.25) is 0 Å². The largest absolute Gasteiger partial charge is 0.504 e. The van der Waals surface area contributed by atoms with Gasteiger partial charge in [0, 0.05) is 18.2 Å². The molecule has 0 bridgehead atoms. The zero-order chi connectivity index (χ0) is 14.9. The van der Waals surface area contributed by atoms with Gasteiger partial charge < -0.3 is 20.3 Å². The first-order valence-corrected chi connectivity index (χ1v) is 6.62. The Kier molecular flexibility index (Phi) is 4.04. The van der Waals surface area contributed by atoms with E-state index in [2.05, 4.69) is 0 Å². The molecule has 0 aliphatic carbocycles. The second-order valence-corrected chi connectivity index (χ2v) is 4.84. The van der Waals surface area contributed by atoms with Gasteiger partial charge in [0.05, 0.1) is 19.4 Å². The molecule has 2 atom stereocenters. The molecule has 0 radical (unpaired) electrons. The molecule has 1 amide bonds. The predicted octanol–water partition coefficient (Wildman–Crippen LogP) is 2.16. The number of amides is 1. The lowest BCUT2D eigenvalue weighted by atomic mass is 9.92. The van der Waals surface area contributed by atoms with Crippen molar-refractivity contribution in [3.63, 3.8) is 0 Å². The van der Waals surface area contributed by atoms with Crippen molar-refractivity contribution in [2.45, 2.75) is 32.4 Å². The highest BCUT2D eigenvalue weighted by molar-refractivity contribution is 5.91. The fourth-order valence-corrected chi connectivity index (χ4v) is 2.55. The van der Waals surface area contributed by atoms with Crippen LogP contribution in [0.15, 0.2) is 12.1 Å². The van der Waals surface area contributed by atoms with Crippen LogP contribution in [0.4, 0.5) is 10.5 Å². The smallest absolute Gasteiger partial charge is 0.414 e. The standard InChI is InChI=1S/C14H20N2O4/c1-4-20-14(18)16-8(2)5-10(15)9-6-12(17)13(19-3)7-11(9)16/h6-8,10,17H,4-5,15H2,1-3H3/t8-,10+/m1/s1. The van der Waals surface area contributed by atoms with Crippen LogP contribution in [0.25, 0.3) is 0 Å². The van der Waals surface area contributed by atoms with Gasteiger partial charge in [-0.15, -0.1) is 0 Å². The maximum Gasteiger partial charge on any atom is 0.414 e. The second-order valence-electron chi connectivity index (χ2n) is 4.84. The van der Waals surface area contributed by atoms with Gasteiger partial charge in [0.2, 0.25) is 0 Å². The SMILES string of the molecule is CCOC(=O)N1c2cc(OC)c(O)cc2[C@@H](N)C[C@H]1C. The molecule has 0 saturated heterocycles. The van der Waals surface area contributed by atoms with Gasteiger partial charge in [-0.3, -0.25) is 4.90 Å². The van der Waals surface area contributed by atoms with E-state index >= 15 is 0 Å². The van der Waals surface area contributed by atoms with E-state index in [-0.39, 0.29) is 17.8 Å². The van der Waals surface area contributed by atoms with Gasteiger partial charge in [0.15, 0.2) is 11.5 Å². The van der Waals surface area contributed by atoms with Crippen LogP contribution in [-0.4, -0.2) is 31.0 Å². The Balaban J connectivity index is 2.52. The van der Waals surface area contributed by atoms with Gasteiger partial charge in [0.25, 0.3) is 0 Å². The summed E-state index contributed by atoms with van der Waals surface area (Å²) in [5.41, 5.74) is 7.45. The summed E-state index contributed by atoms with van der Waals surface area (Å²) in [4.78, 5) is 13.7. The van der Waals surface area contributed by atoms with E-state index in [9.17, 15) is 9.90 Å². The molecule has 0 saturated carbocycles. The number of ether oxygens (including phenoxy) is 2. The van der Waals surface area contributed by atoms with E-state index < -0.39 is 6.09 Å². The van der Waals surface area contributed by atoms with E-state index in [0.29, 0.717) is 24.5 Å². The fraction of sp³-hybridized carbons (Fsp3) is 0.500. The van der Waals surface area contributed by atoms with E-state index in [0.717, 1.165) is 5.56 Å². The van der Waals surface area contributed by atoms with E-state index in [1.54, 1.807) is 24.0 Å². The number of hydrogen-bond acceptors (Lipinski definition) is 5. The summed E-state index contributed by atoms with van der Waals surface area (Å²) in [7, 11) is 1.46. The van der Waals surface area contributed by atoms with Crippen molar-refractivity contribution in [2.75, 3.05) is 18.6 Å². The van der Waals surface area contributed by atoms with Crippen molar-refractivity contribution >= 4 is 11.8 Å². The number of nitrogens with two attached hydrogens (primary N) is 1. The number of nitrogens with zero attached hydrogens (tertiary/aromatic N) is 1. The molecule has 6 heteroatoms. The predicted molar refractivity (Wildman–Crippen MR) is 75.2 cm³/mol. The summed E-state index contributed by atoms with van der Waals surface area (Å²) in [6, 6.07) is 2.86. The fourth-order valence-electron chi connectivity index (χ4n) is 2.55. The zero-order valence-electron chi connectivity index (χ0n) is 11.9. The number of carbonyl (C=O) groups excluding carboxylic acids is 1. The van der Waals surface area contributed by atoms with Gasteiger partial charge in [-0.05, 0) is 31.9 Å². The first-order valence-electron chi connectivity index (χ1n) is 6.62. The minimum Gasteiger partial charge on any atom is -0.504 e. The lowest BCUT2D eigenvalue weighted by Gasteiger charge is -2.37. The molecule has 6 nitrogen and oxygen atoms in total. The Labute approximate surface area is 118 Å². The van der Waals surface area contributed by atoms with Crippen LogP contribution in [0.1, 0.15) is 31.9 Å². The Morgan fingerprint density at radius 1 is 1.55 bits per heavy atom. The Hall–Kier alpha value is -1.95. The molecule has 1 aromatic carbocycles. The molecule has 0 spiro atoms. The van der Waals surface area contributed by atoms with Crippen molar-refractivity contribution < 1.29 is 19.4 Å². The molecular formula is C14H20N2O4. The van der Waals surface area contributed by atoms with Gasteiger partial charge in [-0.2, -0.15) is 0 Å². The monoisotopic (exact) mass is 280 g/mol. The number of phenolic OH excluding ortho intramolecular Hbond substituents is 1. The maximum absolute atomic E-state index is 12.1. The summed E-state index contributed by atoms with van der Waals surface area (Å²) >= 11 is 0. The minimum atomic E-state index is -0.416. The maximum atomic E-state index is 12.1. The van der Waals surface area contributed by atoms with E-state index in [4.69, 9.17) is 15.2 Å². The molecular weight excluding hydrogens is 260 g/mol. The third-order valence-corrected chi connectivity index (χ3v) is 3.49. The number of methoxy groups -OCH3 is 1. The first-order chi connectivity index (χ1) is 9.49. The number of fused-ring (bicyclic) bond motifs is 1. The molecule has 0 fully saturated rings. The number of aromatic hydroxyl groups is 1. The minimum absolute atomic E-state index is 0.0139. The molecule has 0 aromatic heterocycles. The number of phenols is 1. The number of hydrogen-bond donors (Lipinski definition) is 2. The number of anilines is 1. The summed E-state index contributed by atoms with van der Waals surface area (Å²) in [5.74, 6) is 0.319. The van der Waals surface area contributed by atoms with E-state index in [1.165, 1.54) is 7.11 Å². The lowest BCUT2D eigenvalue weighted by Crippen LogP contribution is -2.44. The summed E-state index contributed by atoms with van der Waals surface area (Å²) in [6.07, 6.45) is 0.193. The summed E-state index contributed by atoms with van der Waals surface area (Å²) < 4.78 is 10.2. The average Bonchev–Trinajstić information content (AvgIpc) is 2.39. The van der Waals surface area contributed by atoms with Gasteiger partial charge in [-0.25, -0.2) is 4.79 Å². The van der Waals surface area contributed by atoms with Crippen molar-refractivity contribution in [1.82, 2.24) is 0 Å². The average molecular weight is 280 g/mol. The van der Waals surface area contributed by atoms with Crippen LogP contribution in [-0.2, 0) is 4.74 Å². The molecule has 1 aliphatic rings. The van der Waals surface area contributed by atoms with Crippen LogP contribution < -0.4 is 15.4 Å². The second kappa shape index (κ2) is 5.58. The first kappa shape index (κ1) is 14.5. The molecule has 2 rings (SSSR count).